The van der Waals surface area contributed by atoms with Gasteiger partial charge in [-0.05, 0) is 49.6 Å². The van der Waals surface area contributed by atoms with Crippen LogP contribution in [0.4, 0.5) is 0 Å². The number of benzene rings is 3. The standard InChI is InChI=1S/C25H27NO2/c1-17-11-13-23-21(15-17)22(16-25(2,3)28-23)26-24(27)14-12-19-9-6-8-18-7-4-5-10-20(18)19/h4-11,13,15,22H,12,14,16H2,1-3H3,(H,26,27)/t22-/m0/s1. The zero-order valence-electron chi connectivity index (χ0n) is 16.8. The summed E-state index contributed by atoms with van der Waals surface area (Å²) < 4.78 is 6.11. The molecule has 0 fully saturated rings. The Labute approximate surface area is 166 Å². The smallest absolute Gasteiger partial charge is 0.220 e. The second kappa shape index (κ2) is 7.31. The minimum atomic E-state index is -0.296. The average Bonchev–Trinajstić information content (AvgIpc) is 2.66. The molecule has 0 aliphatic carbocycles. The molecule has 1 heterocycles. The Kier molecular flexibility index (Phi) is 4.84. The Morgan fingerprint density at radius 2 is 1.89 bits per heavy atom. The van der Waals surface area contributed by atoms with Gasteiger partial charge >= 0.3 is 0 Å². The molecule has 0 saturated heterocycles. The number of hydrogen-bond donors (Lipinski definition) is 1. The van der Waals surface area contributed by atoms with Crippen molar-refractivity contribution in [3.8, 4) is 5.75 Å². The van der Waals surface area contributed by atoms with E-state index in [4.69, 9.17) is 4.74 Å². The molecule has 1 aliphatic rings. The SMILES string of the molecule is Cc1ccc2c(c1)[C@@H](NC(=O)CCc1cccc3ccccc13)CC(C)(C)O2. The van der Waals surface area contributed by atoms with Crippen molar-refractivity contribution in [3.05, 3.63) is 77.4 Å². The van der Waals surface area contributed by atoms with Crippen molar-refractivity contribution in [2.45, 2.75) is 51.7 Å². The summed E-state index contributed by atoms with van der Waals surface area (Å²) in [5.74, 6) is 0.962. The largest absolute Gasteiger partial charge is 0.487 e. The molecule has 4 rings (SSSR count). The lowest BCUT2D eigenvalue weighted by Gasteiger charge is -2.38. The van der Waals surface area contributed by atoms with Crippen LogP contribution in [0.1, 0.15) is 49.4 Å². The molecule has 0 bridgehead atoms. The van der Waals surface area contributed by atoms with E-state index in [-0.39, 0.29) is 17.6 Å². The summed E-state index contributed by atoms with van der Waals surface area (Å²) in [5, 5.41) is 5.70. The second-order valence-corrected chi connectivity index (χ2v) is 8.37. The molecule has 1 N–H and O–H groups in total. The fraction of sp³-hybridized carbons (Fsp3) is 0.320. The molecule has 0 spiro atoms. The van der Waals surface area contributed by atoms with E-state index in [9.17, 15) is 4.79 Å². The molecule has 3 heteroatoms. The summed E-state index contributed by atoms with van der Waals surface area (Å²) >= 11 is 0. The number of fused-ring (bicyclic) bond motifs is 2. The highest BCUT2D eigenvalue weighted by Crippen LogP contribution is 2.39. The Morgan fingerprint density at radius 1 is 1.11 bits per heavy atom. The van der Waals surface area contributed by atoms with E-state index >= 15 is 0 Å². The third-order valence-corrected chi connectivity index (χ3v) is 5.46. The Hall–Kier alpha value is -2.81. The van der Waals surface area contributed by atoms with Gasteiger partial charge in [-0.1, -0.05) is 60.2 Å². The number of rotatable bonds is 4. The van der Waals surface area contributed by atoms with E-state index in [0.29, 0.717) is 6.42 Å². The Bertz CT molecular complexity index is 1020. The molecule has 3 aromatic carbocycles. The highest BCUT2D eigenvalue weighted by atomic mass is 16.5. The molecule has 0 saturated carbocycles. The number of ether oxygens (including phenoxy) is 1. The molecule has 1 aliphatic heterocycles. The molecule has 144 valence electrons. The topological polar surface area (TPSA) is 38.3 Å². The minimum Gasteiger partial charge on any atom is -0.487 e. The van der Waals surface area contributed by atoms with Crippen LogP contribution in [-0.4, -0.2) is 11.5 Å². The van der Waals surface area contributed by atoms with Crippen molar-refractivity contribution >= 4 is 16.7 Å². The van der Waals surface area contributed by atoms with E-state index in [1.165, 1.54) is 21.9 Å². The highest BCUT2D eigenvalue weighted by molar-refractivity contribution is 5.86. The second-order valence-electron chi connectivity index (χ2n) is 8.37. The molecule has 3 nitrogen and oxygen atoms in total. The molecule has 0 aromatic heterocycles. The maximum Gasteiger partial charge on any atom is 0.220 e. The van der Waals surface area contributed by atoms with E-state index in [1.54, 1.807) is 0 Å². The molecule has 1 amide bonds. The van der Waals surface area contributed by atoms with Gasteiger partial charge in [-0.15, -0.1) is 0 Å². The predicted octanol–water partition coefficient (Wildman–Crippen LogP) is 5.50. The van der Waals surface area contributed by atoms with Gasteiger partial charge in [0.1, 0.15) is 11.4 Å². The first kappa shape index (κ1) is 18.5. The number of hydrogen-bond acceptors (Lipinski definition) is 2. The summed E-state index contributed by atoms with van der Waals surface area (Å²) in [4.78, 5) is 12.8. The number of aryl methyl sites for hydroxylation is 2. The minimum absolute atomic E-state index is 0.0151. The van der Waals surface area contributed by atoms with Gasteiger partial charge in [-0.3, -0.25) is 4.79 Å². The van der Waals surface area contributed by atoms with Crippen molar-refractivity contribution in [1.29, 1.82) is 0 Å². The van der Waals surface area contributed by atoms with Gasteiger partial charge in [-0.2, -0.15) is 0 Å². The zero-order chi connectivity index (χ0) is 19.7. The van der Waals surface area contributed by atoms with Crippen LogP contribution in [0.25, 0.3) is 10.8 Å². The van der Waals surface area contributed by atoms with E-state index < -0.39 is 0 Å². The lowest BCUT2D eigenvalue weighted by Crippen LogP contribution is -2.41. The summed E-state index contributed by atoms with van der Waals surface area (Å²) in [6, 6.07) is 20.8. The summed E-state index contributed by atoms with van der Waals surface area (Å²) in [7, 11) is 0. The van der Waals surface area contributed by atoms with E-state index in [1.807, 2.05) is 12.1 Å². The summed E-state index contributed by atoms with van der Waals surface area (Å²) in [6.07, 6.45) is 1.98. The maximum absolute atomic E-state index is 12.8. The van der Waals surface area contributed by atoms with Gasteiger partial charge in [0.05, 0.1) is 6.04 Å². The molecular weight excluding hydrogens is 346 g/mol. The van der Waals surface area contributed by atoms with Gasteiger partial charge in [0.15, 0.2) is 0 Å². The van der Waals surface area contributed by atoms with Crippen LogP contribution in [0.3, 0.4) is 0 Å². The molecule has 0 unspecified atom stereocenters. The molecule has 28 heavy (non-hydrogen) atoms. The first-order chi connectivity index (χ1) is 13.4. The van der Waals surface area contributed by atoms with Gasteiger partial charge in [0.2, 0.25) is 5.91 Å². The number of carbonyl (C=O) groups excluding carboxylic acids is 1. The van der Waals surface area contributed by atoms with Crippen molar-refractivity contribution < 1.29 is 9.53 Å². The van der Waals surface area contributed by atoms with Crippen LogP contribution < -0.4 is 10.1 Å². The van der Waals surface area contributed by atoms with Crippen LogP contribution in [-0.2, 0) is 11.2 Å². The van der Waals surface area contributed by atoms with Gasteiger partial charge in [0, 0.05) is 18.4 Å². The Balaban J connectivity index is 1.49. The quantitative estimate of drug-likeness (QED) is 0.656. The first-order valence-electron chi connectivity index (χ1n) is 9.97. The zero-order valence-corrected chi connectivity index (χ0v) is 16.8. The van der Waals surface area contributed by atoms with Crippen LogP contribution in [0, 0.1) is 6.92 Å². The van der Waals surface area contributed by atoms with E-state index in [2.05, 4.69) is 74.6 Å². The van der Waals surface area contributed by atoms with Crippen LogP contribution in [0.5, 0.6) is 5.75 Å². The summed E-state index contributed by atoms with van der Waals surface area (Å²) in [5.41, 5.74) is 3.18. The number of carbonyl (C=O) groups is 1. The van der Waals surface area contributed by atoms with Crippen molar-refractivity contribution in [1.82, 2.24) is 5.32 Å². The monoisotopic (exact) mass is 373 g/mol. The van der Waals surface area contributed by atoms with Crippen molar-refractivity contribution in [3.63, 3.8) is 0 Å². The van der Waals surface area contributed by atoms with Crippen LogP contribution in [0.15, 0.2) is 60.7 Å². The molecule has 0 radical (unpaired) electrons. The third kappa shape index (κ3) is 3.89. The molecule has 1 atom stereocenters. The van der Waals surface area contributed by atoms with Crippen LogP contribution >= 0.6 is 0 Å². The fourth-order valence-corrected chi connectivity index (χ4v) is 4.13. The Morgan fingerprint density at radius 3 is 2.75 bits per heavy atom. The number of amides is 1. The maximum atomic E-state index is 12.8. The van der Waals surface area contributed by atoms with Gasteiger partial charge in [-0.25, -0.2) is 0 Å². The third-order valence-electron chi connectivity index (χ3n) is 5.46. The number of nitrogens with one attached hydrogen (secondary N) is 1. The lowest BCUT2D eigenvalue weighted by molar-refractivity contribution is -0.122. The first-order valence-corrected chi connectivity index (χ1v) is 9.97. The normalized spacial score (nSPS) is 17.6. The van der Waals surface area contributed by atoms with Gasteiger partial charge in [0.25, 0.3) is 0 Å². The van der Waals surface area contributed by atoms with E-state index in [0.717, 1.165) is 24.2 Å². The van der Waals surface area contributed by atoms with Crippen molar-refractivity contribution in [2.24, 2.45) is 0 Å². The average molecular weight is 373 g/mol. The lowest BCUT2D eigenvalue weighted by atomic mass is 9.88. The predicted molar refractivity (Wildman–Crippen MR) is 114 cm³/mol. The van der Waals surface area contributed by atoms with Crippen LogP contribution in [0.2, 0.25) is 0 Å². The summed E-state index contributed by atoms with van der Waals surface area (Å²) in [6.45, 7) is 6.22. The molecule has 3 aromatic rings. The fourth-order valence-electron chi connectivity index (χ4n) is 4.13. The highest BCUT2D eigenvalue weighted by Gasteiger charge is 2.34. The van der Waals surface area contributed by atoms with Gasteiger partial charge < -0.3 is 10.1 Å². The molecular formula is C25H27NO2. The van der Waals surface area contributed by atoms with Crippen molar-refractivity contribution in [2.75, 3.05) is 0 Å².